The molecule has 20 heavy (non-hydrogen) atoms. The third kappa shape index (κ3) is 17.8. The molecule has 1 aliphatic carbocycles. The van der Waals surface area contributed by atoms with Gasteiger partial charge in [-0.2, -0.15) is 35.2 Å². The minimum Gasteiger partial charge on any atom is -0.668 e. The Morgan fingerprint density at radius 2 is 1.40 bits per heavy atom. The maximum Gasteiger partial charge on any atom is 4.00 e. The minimum absolute atomic E-state index is 0. The normalized spacial score (nSPS) is 20.4. The topological polar surface area (TPSA) is 42.3 Å². The molecule has 0 amide bonds. The summed E-state index contributed by atoms with van der Waals surface area (Å²) in [4.78, 5) is 4.55. The summed E-state index contributed by atoms with van der Waals surface area (Å²) >= 11 is 2.63. The van der Waals surface area contributed by atoms with Gasteiger partial charge in [0, 0.05) is 3.92 Å². The molecule has 0 spiro atoms. The van der Waals surface area contributed by atoms with E-state index in [0.29, 0.717) is 0 Å². The van der Waals surface area contributed by atoms with Gasteiger partial charge in [0.05, 0.1) is 0 Å². The summed E-state index contributed by atoms with van der Waals surface area (Å²) in [6.07, 6.45) is 4.35. The van der Waals surface area contributed by atoms with E-state index in [0.717, 1.165) is 9.84 Å². The first-order valence-corrected chi connectivity index (χ1v) is 11.0. The maximum atomic E-state index is 4.55. The third-order valence-electron chi connectivity index (χ3n) is 2.93. The summed E-state index contributed by atoms with van der Waals surface area (Å²) < 4.78 is 0.941. The second-order valence-electron chi connectivity index (χ2n) is 5.34. The van der Waals surface area contributed by atoms with Crippen LogP contribution >= 0.6 is 22.6 Å². The van der Waals surface area contributed by atoms with Crippen molar-refractivity contribution in [2.75, 3.05) is 35.2 Å². The molecule has 2 atom stereocenters. The van der Waals surface area contributed by atoms with Gasteiger partial charge in [0.15, 0.2) is 0 Å². The maximum absolute atomic E-state index is 4.55. The average Bonchev–Trinajstić information content (AvgIpc) is 2.66. The van der Waals surface area contributed by atoms with Crippen molar-refractivity contribution in [2.24, 2.45) is 5.92 Å². The standard InChI is InChI=1S/C9H19INSi.2C2H6N.CH3.Zr/c1-11-12(2,3)7-8-5-4-6-9(8)10;2*1-3-2;;/h8-9H,4-7H2,1-3H3;2*1-2H3;1H3;/q4*-1;+4. The van der Waals surface area contributed by atoms with E-state index in [-0.39, 0.29) is 33.6 Å². The van der Waals surface area contributed by atoms with Crippen LogP contribution in [0, 0.1) is 13.3 Å². The van der Waals surface area contributed by atoms with E-state index in [1.807, 2.05) is 7.05 Å². The van der Waals surface area contributed by atoms with Crippen molar-refractivity contribution in [2.45, 2.75) is 42.3 Å². The fourth-order valence-electron chi connectivity index (χ4n) is 1.95. The van der Waals surface area contributed by atoms with Gasteiger partial charge in [0.25, 0.3) is 0 Å². The Balaban J connectivity index is -0.000000139. The molecule has 120 valence electrons. The fourth-order valence-corrected chi connectivity index (χ4v) is 5.44. The molecule has 1 saturated carbocycles. The van der Waals surface area contributed by atoms with Crippen LogP contribution in [0.2, 0.25) is 19.1 Å². The summed E-state index contributed by atoms with van der Waals surface area (Å²) in [5.41, 5.74) is 0. The Kier molecular flexibility index (Phi) is 27.8. The zero-order chi connectivity index (χ0) is 14.6. The molecule has 0 aliphatic heterocycles. The zero-order valence-electron chi connectivity index (χ0n) is 14.7. The van der Waals surface area contributed by atoms with Gasteiger partial charge in [-0.1, -0.05) is 56.4 Å². The second kappa shape index (κ2) is 18.8. The van der Waals surface area contributed by atoms with E-state index in [4.69, 9.17) is 0 Å². The summed E-state index contributed by atoms with van der Waals surface area (Å²) in [6, 6.07) is 1.41. The van der Waals surface area contributed by atoms with Crippen LogP contribution in [0.3, 0.4) is 0 Å². The second-order valence-corrected chi connectivity index (χ2v) is 11.4. The van der Waals surface area contributed by atoms with Crippen LogP contribution in [0.4, 0.5) is 0 Å². The molecule has 2 unspecified atom stereocenters. The van der Waals surface area contributed by atoms with Gasteiger partial charge in [-0.25, -0.2) is 0 Å². The van der Waals surface area contributed by atoms with Crippen molar-refractivity contribution in [3.05, 3.63) is 23.0 Å². The molecule has 0 N–H and O–H groups in total. The summed E-state index contributed by atoms with van der Waals surface area (Å²) in [5.74, 6) is 0.982. The van der Waals surface area contributed by atoms with Crippen molar-refractivity contribution in [3.63, 3.8) is 0 Å². The molecule has 0 saturated heterocycles. The molecule has 1 rings (SSSR count). The molecule has 1 fully saturated rings. The van der Waals surface area contributed by atoms with Crippen molar-refractivity contribution in [1.82, 2.24) is 0 Å². The molecule has 1 aliphatic rings. The SMILES string of the molecule is C[N-]C.C[N-]C.C[N-][Si](C)(C)CC1CCCC1I.[CH3-].[Zr+4]. The Hall–Kier alpha value is 1.71. The molecule has 0 aromatic carbocycles. The largest absolute Gasteiger partial charge is 4.00 e. The summed E-state index contributed by atoms with van der Waals surface area (Å²) in [6.45, 7) is 4.77. The van der Waals surface area contributed by atoms with E-state index in [2.05, 4.69) is 51.3 Å². The average molecular weight is 491 g/mol. The van der Waals surface area contributed by atoms with Gasteiger partial charge in [-0.05, 0) is 18.8 Å². The third-order valence-corrected chi connectivity index (χ3v) is 7.31. The van der Waals surface area contributed by atoms with Crippen molar-refractivity contribution < 1.29 is 26.2 Å². The number of nitrogens with zero attached hydrogens (tertiary/aromatic N) is 3. The molecule has 6 heteroatoms. The summed E-state index contributed by atoms with van der Waals surface area (Å²) in [7, 11) is 7.84. The van der Waals surface area contributed by atoms with E-state index >= 15 is 0 Å². The number of hydrogen-bond donors (Lipinski definition) is 0. The molecule has 0 radical (unpaired) electrons. The Bertz CT molecular complexity index is 184. The molecule has 3 nitrogen and oxygen atoms in total. The molecule has 0 aromatic heterocycles. The van der Waals surface area contributed by atoms with Gasteiger partial charge in [0.2, 0.25) is 0 Å². The Labute approximate surface area is 162 Å². The van der Waals surface area contributed by atoms with Crippen LogP contribution in [0.25, 0.3) is 15.6 Å². The molecular weight excluding hydrogens is 456 g/mol. The van der Waals surface area contributed by atoms with Crippen molar-refractivity contribution in [3.8, 4) is 0 Å². The minimum atomic E-state index is -1.16. The number of hydrogen-bond acceptors (Lipinski definition) is 0. The fraction of sp³-hybridized carbons (Fsp3) is 0.929. The van der Waals surface area contributed by atoms with E-state index in [1.54, 1.807) is 28.2 Å². The van der Waals surface area contributed by atoms with E-state index < -0.39 is 8.24 Å². The van der Waals surface area contributed by atoms with Gasteiger partial charge in [0.1, 0.15) is 0 Å². The van der Waals surface area contributed by atoms with Crippen LogP contribution in [0.15, 0.2) is 0 Å². The first-order chi connectivity index (χ1) is 8.38. The van der Waals surface area contributed by atoms with Crippen LogP contribution in [0.5, 0.6) is 0 Å². The number of rotatable bonds is 3. The van der Waals surface area contributed by atoms with E-state index in [1.165, 1.54) is 25.3 Å². The Morgan fingerprint density at radius 1 is 1.00 bits per heavy atom. The molecule has 0 bridgehead atoms. The smallest absolute Gasteiger partial charge is 0.668 e. The van der Waals surface area contributed by atoms with Gasteiger partial charge in [-0.3, -0.25) is 0 Å². The molecular formula is C14H34IN3SiZr. The summed E-state index contributed by atoms with van der Waals surface area (Å²) in [5, 5.41) is 7.00. The van der Waals surface area contributed by atoms with Gasteiger partial charge >= 0.3 is 26.2 Å². The predicted molar refractivity (Wildman–Crippen MR) is 104 cm³/mol. The van der Waals surface area contributed by atoms with Crippen molar-refractivity contribution in [1.29, 1.82) is 0 Å². The van der Waals surface area contributed by atoms with Crippen molar-refractivity contribution >= 4 is 30.8 Å². The first-order valence-electron chi connectivity index (χ1n) is 6.59. The monoisotopic (exact) mass is 489 g/mol. The quantitative estimate of drug-likeness (QED) is 0.217. The van der Waals surface area contributed by atoms with Crippen LogP contribution < -0.4 is 0 Å². The van der Waals surface area contributed by atoms with Gasteiger partial charge in [-0.15, -0.1) is 0 Å². The first kappa shape index (κ1) is 29.7. The van der Waals surface area contributed by atoms with Crippen LogP contribution in [-0.4, -0.2) is 47.4 Å². The van der Waals surface area contributed by atoms with Crippen LogP contribution in [-0.2, 0) is 26.2 Å². The zero-order valence-corrected chi connectivity index (χ0v) is 20.3. The number of halogens is 1. The number of alkyl halides is 1. The predicted octanol–water partition coefficient (Wildman–Crippen LogP) is 5.49. The van der Waals surface area contributed by atoms with Gasteiger partial charge < -0.3 is 23.0 Å². The van der Waals surface area contributed by atoms with Crippen LogP contribution in [0.1, 0.15) is 19.3 Å². The molecule has 0 aromatic rings. The van der Waals surface area contributed by atoms with E-state index in [9.17, 15) is 0 Å². The molecule has 0 heterocycles. The Morgan fingerprint density at radius 3 is 1.65 bits per heavy atom.